The summed E-state index contributed by atoms with van der Waals surface area (Å²) < 4.78 is 6.44. The largest absolute Gasteiger partial charge is 0.507 e. The van der Waals surface area contributed by atoms with E-state index < -0.39 is 0 Å². The number of ether oxygens (including phenoxy) is 1. The second kappa shape index (κ2) is 13.8. The second-order valence-electron chi connectivity index (χ2n) is 12.7. The molecule has 2 heterocycles. The lowest BCUT2D eigenvalue weighted by Gasteiger charge is -2.25. The third kappa shape index (κ3) is 6.37. The summed E-state index contributed by atoms with van der Waals surface area (Å²) in [5.74, 6) is 2.37. The number of carbonyl (C=O) groups is 1. The summed E-state index contributed by atoms with van der Waals surface area (Å²) >= 11 is 0. The van der Waals surface area contributed by atoms with E-state index in [9.17, 15) is 9.90 Å². The Morgan fingerprint density at radius 2 is 1.13 bits per heavy atom. The molecule has 0 atom stereocenters. The number of aromatic hydroxyl groups is 1. The van der Waals surface area contributed by atoms with Crippen molar-refractivity contribution in [1.82, 2.24) is 19.9 Å². The molecule has 9 rings (SSSR count). The number of aromatic amines is 2. The molecule has 9 aromatic rings. The summed E-state index contributed by atoms with van der Waals surface area (Å²) in [6, 6.07) is 54.1. The molecule has 7 aromatic carbocycles. The van der Waals surface area contributed by atoms with Crippen molar-refractivity contribution in [3.63, 3.8) is 0 Å². The van der Waals surface area contributed by atoms with Crippen LogP contribution in [-0.2, 0) is 0 Å². The minimum absolute atomic E-state index is 0.138. The zero-order valence-corrected chi connectivity index (χ0v) is 28.8. The van der Waals surface area contributed by atoms with Gasteiger partial charge in [-0.25, -0.2) is 9.97 Å². The van der Waals surface area contributed by atoms with Crippen molar-refractivity contribution in [2.24, 2.45) is 0 Å². The fraction of sp³-hybridized carbons (Fsp3) is 0. The summed E-state index contributed by atoms with van der Waals surface area (Å²) in [7, 11) is 0. The van der Waals surface area contributed by atoms with Crippen LogP contribution in [0.15, 0.2) is 170 Å². The van der Waals surface area contributed by atoms with E-state index in [-0.39, 0.29) is 11.7 Å². The number of H-pyrrole nitrogens is 2. The van der Waals surface area contributed by atoms with Crippen molar-refractivity contribution in [3.8, 4) is 40.0 Å². The van der Waals surface area contributed by atoms with Gasteiger partial charge in [0.1, 0.15) is 28.9 Å². The number of phenolic OH excluding ortho intramolecular Hbond substituents is 1. The molecule has 54 heavy (non-hydrogen) atoms. The highest BCUT2D eigenvalue weighted by Gasteiger charge is 2.16. The summed E-state index contributed by atoms with van der Waals surface area (Å²) in [6.07, 6.45) is 0. The highest BCUT2D eigenvalue weighted by atomic mass is 16.5. The van der Waals surface area contributed by atoms with E-state index in [1.54, 1.807) is 36.4 Å². The monoisotopic (exact) mass is 704 g/mol. The maximum atomic E-state index is 13.4. The number of phenols is 1. The Labute approximate surface area is 310 Å². The average molecular weight is 705 g/mol. The van der Waals surface area contributed by atoms with Gasteiger partial charge in [0, 0.05) is 28.3 Å². The van der Waals surface area contributed by atoms with Crippen LogP contribution in [0, 0.1) is 0 Å². The molecule has 0 aliphatic carbocycles. The van der Waals surface area contributed by atoms with Crippen LogP contribution >= 0.6 is 0 Å². The van der Waals surface area contributed by atoms with Crippen LogP contribution in [0.5, 0.6) is 17.2 Å². The van der Waals surface area contributed by atoms with Crippen molar-refractivity contribution in [1.29, 1.82) is 0 Å². The normalized spacial score (nSPS) is 11.1. The number of amides is 1. The van der Waals surface area contributed by atoms with E-state index in [0.29, 0.717) is 40.0 Å². The number of hydrogen-bond donors (Lipinski definition) is 4. The molecule has 0 spiro atoms. The molecule has 4 N–H and O–H groups in total. The summed E-state index contributed by atoms with van der Waals surface area (Å²) in [5.41, 5.74) is 8.49. The smallest absolute Gasteiger partial charge is 0.255 e. The van der Waals surface area contributed by atoms with Crippen molar-refractivity contribution in [3.05, 3.63) is 175 Å². The van der Waals surface area contributed by atoms with Crippen LogP contribution in [0.2, 0.25) is 0 Å². The van der Waals surface area contributed by atoms with Crippen molar-refractivity contribution in [2.45, 2.75) is 0 Å². The van der Waals surface area contributed by atoms with Gasteiger partial charge in [-0.15, -0.1) is 0 Å². The molecular formula is C45H32N6O3. The van der Waals surface area contributed by atoms with E-state index in [4.69, 9.17) is 9.72 Å². The number of nitrogens with zero attached hydrogens (tertiary/aromatic N) is 3. The highest BCUT2D eigenvalue weighted by molar-refractivity contribution is 6.06. The van der Waals surface area contributed by atoms with Crippen molar-refractivity contribution in [2.75, 3.05) is 10.2 Å². The number of benzene rings is 7. The topological polar surface area (TPSA) is 119 Å². The first-order valence-electron chi connectivity index (χ1n) is 17.4. The first-order chi connectivity index (χ1) is 26.6. The first-order valence-corrected chi connectivity index (χ1v) is 17.4. The molecule has 9 heteroatoms. The van der Waals surface area contributed by atoms with E-state index in [1.165, 1.54) is 0 Å². The maximum Gasteiger partial charge on any atom is 0.255 e. The molecule has 0 aliphatic rings. The number of carbonyl (C=O) groups excluding carboxylic acids is 1. The van der Waals surface area contributed by atoms with E-state index in [0.717, 1.165) is 44.7 Å². The minimum atomic E-state index is -0.266. The fourth-order valence-electron chi connectivity index (χ4n) is 6.51. The number of rotatable bonds is 9. The van der Waals surface area contributed by atoms with Gasteiger partial charge in [0.05, 0.1) is 33.2 Å². The molecule has 0 aliphatic heterocycles. The number of nitrogens with one attached hydrogen (secondary N) is 3. The van der Waals surface area contributed by atoms with Gasteiger partial charge in [-0.3, -0.25) is 4.79 Å². The average Bonchev–Trinajstić information content (AvgIpc) is 3.84. The third-order valence-electron chi connectivity index (χ3n) is 9.14. The molecule has 0 radical (unpaired) electrons. The zero-order chi connectivity index (χ0) is 36.4. The number of anilines is 4. The van der Waals surface area contributed by atoms with E-state index in [1.807, 2.05) is 109 Å². The Morgan fingerprint density at radius 3 is 1.81 bits per heavy atom. The number of imidazole rings is 2. The van der Waals surface area contributed by atoms with Crippen molar-refractivity contribution >= 4 is 50.7 Å². The number of aromatic nitrogens is 4. The maximum absolute atomic E-state index is 13.4. The van der Waals surface area contributed by atoms with Crippen molar-refractivity contribution < 1.29 is 14.6 Å². The van der Waals surface area contributed by atoms with Gasteiger partial charge >= 0.3 is 0 Å². The number of hydrogen-bond acceptors (Lipinski definition) is 6. The minimum Gasteiger partial charge on any atom is -0.507 e. The SMILES string of the molecule is O=C(Nc1ccc2nc(-c3ccccc3O)[nH]c2c1)c1ccc2nc(-c3ccccc3Oc3ccc(N(c4ccccc4)c4ccccc4)cc3)[nH]c2c1. The number of fused-ring (bicyclic) bond motifs is 2. The molecular weight excluding hydrogens is 673 g/mol. The fourth-order valence-corrected chi connectivity index (χ4v) is 6.51. The van der Waals surface area contributed by atoms with Gasteiger partial charge in [-0.2, -0.15) is 0 Å². The van der Waals surface area contributed by atoms with Gasteiger partial charge < -0.3 is 30.0 Å². The molecule has 0 saturated carbocycles. The van der Waals surface area contributed by atoms with Crippen LogP contribution in [0.4, 0.5) is 22.7 Å². The highest BCUT2D eigenvalue weighted by Crippen LogP contribution is 2.37. The van der Waals surface area contributed by atoms with E-state index >= 15 is 0 Å². The molecule has 0 bridgehead atoms. The standard InChI is InChI=1S/C45H32N6O3/c52-41-17-9-7-15-35(41)43-47-38-26-20-30(28-40(38)50-43)46-45(53)29-19-25-37-39(27-29)49-44(48-37)36-16-8-10-18-42(36)54-34-23-21-33(22-24-34)51(31-11-3-1-4-12-31)32-13-5-2-6-14-32/h1-28,52H,(H,46,53)(H,47,50)(H,48,49). The van der Waals surface area contributed by atoms with Crippen LogP contribution < -0.4 is 15.0 Å². The first kappa shape index (κ1) is 32.3. The Kier molecular flexibility index (Phi) is 8.26. The van der Waals surface area contributed by atoms with Gasteiger partial charge in [0.15, 0.2) is 0 Å². The summed E-state index contributed by atoms with van der Waals surface area (Å²) in [4.78, 5) is 31.7. The van der Waals surface area contributed by atoms with Crippen LogP contribution in [-0.4, -0.2) is 30.9 Å². The lowest BCUT2D eigenvalue weighted by molar-refractivity contribution is 0.102. The quantitative estimate of drug-likeness (QED) is 0.119. The van der Waals surface area contributed by atoms with Gasteiger partial charge in [0.2, 0.25) is 0 Å². The molecule has 0 saturated heterocycles. The number of para-hydroxylation sites is 4. The Bertz CT molecular complexity index is 2720. The predicted molar refractivity (Wildman–Crippen MR) is 214 cm³/mol. The Morgan fingerprint density at radius 1 is 0.574 bits per heavy atom. The van der Waals surface area contributed by atoms with Crippen LogP contribution in [0.1, 0.15) is 10.4 Å². The predicted octanol–water partition coefficient (Wildman–Crippen LogP) is 11.0. The molecule has 1 amide bonds. The second-order valence-corrected chi connectivity index (χ2v) is 12.7. The Hall–Kier alpha value is -7.65. The van der Waals surface area contributed by atoms with Gasteiger partial charge in [0.25, 0.3) is 5.91 Å². The lowest BCUT2D eigenvalue weighted by atomic mass is 10.1. The van der Waals surface area contributed by atoms with Gasteiger partial charge in [-0.1, -0.05) is 60.7 Å². The van der Waals surface area contributed by atoms with Gasteiger partial charge in [-0.05, 0) is 109 Å². The molecule has 260 valence electrons. The summed E-state index contributed by atoms with van der Waals surface area (Å²) in [5, 5.41) is 13.2. The Balaban J connectivity index is 0.936. The lowest BCUT2D eigenvalue weighted by Crippen LogP contribution is -2.11. The van der Waals surface area contributed by atoms with Crippen LogP contribution in [0.3, 0.4) is 0 Å². The molecule has 0 fully saturated rings. The van der Waals surface area contributed by atoms with Crippen LogP contribution in [0.25, 0.3) is 44.8 Å². The van der Waals surface area contributed by atoms with E-state index in [2.05, 4.69) is 49.4 Å². The zero-order valence-electron chi connectivity index (χ0n) is 28.8. The molecule has 0 unspecified atom stereocenters. The molecule has 2 aromatic heterocycles. The molecule has 9 nitrogen and oxygen atoms in total. The summed E-state index contributed by atoms with van der Waals surface area (Å²) in [6.45, 7) is 0. The third-order valence-corrected chi connectivity index (χ3v) is 9.14.